The smallest absolute Gasteiger partial charge is 0.336 e. The summed E-state index contributed by atoms with van der Waals surface area (Å²) >= 11 is 0. The maximum absolute atomic E-state index is 12.5. The monoisotopic (exact) mass is 444 g/mol. The molecule has 164 valence electrons. The van der Waals surface area contributed by atoms with Crippen molar-refractivity contribution in [2.75, 3.05) is 5.32 Å². The van der Waals surface area contributed by atoms with Crippen molar-refractivity contribution < 1.29 is 22.4 Å². The molecule has 0 aliphatic heterocycles. The van der Waals surface area contributed by atoms with Crippen LogP contribution in [0.25, 0.3) is 11.0 Å². The summed E-state index contributed by atoms with van der Waals surface area (Å²) in [5, 5.41) is 3.47. The quantitative estimate of drug-likeness (QED) is 0.541. The number of hydrogen-bond donors (Lipinski definition) is 2. The van der Waals surface area contributed by atoms with Gasteiger partial charge in [-0.2, -0.15) is 0 Å². The zero-order valence-electron chi connectivity index (χ0n) is 17.6. The van der Waals surface area contributed by atoms with Gasteiger partial charge in [0.1, 0.15) is 11.3 Å². The molecule has 0 spiro atoms. The highest BCUT2D eigenvalue weighted by Gasteiger charge is 2.18. The number of benzene rings is 2. The van der Waals surface area contributed by atoms with E-state index in [9.17, 15) is 18.0 Å². The van der Waals surface area contributed by atoms with Gasteiger partial charge in [-0.05, 0) is 69.7 Å². The Hall–Kier alpha value is -3.17. The van der Waals surface area contributed by atoms with E-state index in [1.165, 1.54) is 30.3 Å². The summed E-state index contributed by atoms with van der Waals surface area (Å²) in [6, 6.07) is 12.1. The van der Waals surface area contributed by atoms with E-state index in [4.69, 9.17) is 9.15 Å². The van der Waals surface area contributed by atoms with Crippen LogP contribution in [0.5, 0.6) is 5.75 Å². The normalized spacial score (nSPS) is 12.7. The molecule has 0 aliphatic rings. The molecule has 9 heteroatoms. The second kappa shape index (κ2) is 8.91. The van der Waals surface area contributed by atoms with Gasteiger partial charge in [-0.3, -0.25) is 4.79 Å². The largest absolute Gasteiger partial charge is 0.481 e. The lowest BCUT2D eigenvalue weighted by molar-refractivity contribution is -0.122. The maximum Gasteiger partial charge on any atom is 0.336 e. The van der Waals surface area contributed by atoms with Gasteiger partial charge in [0.05, 0.1) is 4.90 Å². The summed E-state index contributed by atoms with van der Waals surface area (Å²) in [6.45, 7) is 6.86. The van der Waals surface area contributed by atoms with Crippen LogP contribution in [0.1, 0.15) is 26.3 Å². The Kier molecular flexibility index (Phi) is 6.47. The number of sulfonamides is 1. The Labute approximate surface area is 180 Å². The predicted molar refractivity (Wildman–Crippen MR) is 118 cm³/mol. The number of ether oxygens (including phenoxy) is 1. The first-order valence-corrected chi connectivity index (χ1v) is 11.2. The third-order valence-corrected chi connectivity index (χ3v) is 6.10. The van der Waals surface area contributed by atoms with E-state index in [0.717, 1.165) is 10.9 Å². The number of anilines is 1. The fourth-order valence-electron chi connectivity index (χ4n) is 2.98. The van der Waals surface area contributed by atoms with E-state index >= 15 is 0 Å². The van der Waals surface area contributed by atoms with Crippen LogP contribution in [0.3, 0.4) is 0 Å². The molecule has 1 amide bonds. The molecular formula is C22H24N2O6S. The first-order chi connectivity index (χ1) is 14.5. The number of fused-ring (bicyclic) bond motifs is 1. The highest BCUT2D eigenvalue weighted by molar-refractivity contribution is 7.89. The molecule has 0 fully saturated rings. The summed E-state index contributed by atoms with van der Waals surface area (Å²) in [5.74, 6) is -0.0354. The van der Waals surface area contributed by atoms with Crippen molar-refractivity contribution in [1.82, 2.24) is 4.72 Å². The second-order valence-electron chi connectivity index (χ2n) is 7.46. The standard InChI is InChI=1S/C22H24N2O6S/c1-13(2)24-31(27,28)18-8-5-16(6-9-18)23-22(26)15(4)29-17-7-10-19-14(3)11-21(25)30-20(19)12-17/h5-13,15,24H,1-4H3,(H,23,26)/t15-/m1/s1. The van der Waals surface area contributed by atoms with Crippen LogP contribution in [-0.4, -0.2) is 26.5 Å². The zero-order chi connectivity index (χ0) is 22.8. The van der Waals surface area contributed by atoms with E-state index < -0.39 is 27.7 Å². The van der Waals surface area contributed by atoms with Gasteiger partial charge in [-0.25, -0.2) is 17.9 Å². The Morgan fingerprint density at radius 3 is 2.35 bits per heavy atom. The molecule has 0 aliphatic carbocycles. The fraction of sp³-hybridized carbons (Fsp3) is 0.273. The van der Waals surface area contributed by atoms with Crippen molar-refractivity contribution in [3.63, 3.8) is 0 Å². The van der Waals surface area contributed by atoms with Gasteiger partial charge in [0.15, 0.2) is 6.10 Å². The van der Waals surface area contributed by atoms with Gasteiger partial charge in [-0.15, -0.1) is 0 Å². The van der Waals surface area contributed by atoms with Crippen molar-refractivity contribution in [2.24, 2.45) is 0 Å². The average molecular weight is 445 g/mol. The highest BCUT2D eigenvalue weighted by atomic mass is 32.2. The average Bonchev–Trinajstić information content (AvgIpc) is 2.67. The summed E-state index contributed by atoms with van der Waals surface area (Å²) in [6.07, 6.45) is -0.847. The van der Waals surface area contributed by atoms with Gasteiger partial charge in [0, 0.05) is 29.2 Å². The Morgan fingerprint density at radius 1 is 1.03 bits per heavy atom. The SMILES string of the molecule is Cc1cc(=O)oc2cc(O[C@H](C)C(=O)Nc3ccc(S(=O)(=O)NC(C)C)cc3)ccc12. The van der Waals surface area contributed by atoms with Crippen LogP contribution in [0, 0.1) is 6.92 Å². The third kappa shape index (κ3) is 5.50. The summed E-state index contributed by atoms with van der Waals surface area (Å²) < 4.78 is 37.7. The molecule has 3 rings (SSSR count). The number of amides is 1. The second-order valence-corrected chi connectivity index (χ2v) is 9.17. The number of aryl methyl sites for hydroxylation is 1. The number of hydrogen-bond acceptors (Lipinski definition) is 6. The molecule has 0 radical (unpaired) electrons. The van der Waals surface area contributed by atoms with Crippen LogP contribution >= 0.6 is 0 Å². The summed E-state index contributed by atoms with van der Waals surface area (Å²) in [7, 11) is -3.60. The van der Waals surface area contributed by atoms with Crippen LogP contribution in [0.4, 0.5) is 5.69 Å². The third-order valence-electron chi connectivity index (χ3n) is 4.43. The van der Waals surface area contributed by atoms with Crippen molar-refractivity contribution >= 4 is 32.6 Å². The van der Waals surface area contributed by atoms with Gasteiger partial charge < -0.3 is 14.5 Å². The van der Waals surface area contributed by atoms with Gasteiger partial charge in [-0.1, -0.05) is 0 Å². The summed E-state index contributed by atoms with van der Waals surface area (Å²) in [4.78, 5) is 24.2. The lowest BCUT2D eigenvalue weighted by atomic mass is 10.1. The molecule has 0 unspecified atom stereocenters. The molecule has 1 aromatic heterocycles. The van der Waals surface area contributed by atoms with Gasteiger partial charge >= 0.3 is 5.63 Å². The minimum Gasteiger partial charge on any atom is -0.481 e. The Morgan fingerprint density at radius 2 is 1.71 bits per heavy atom. The first-order valence-electron chi connectivity index (χ1n) is 9.69. The Balaban J connectivity index is 1.68. The number of nitrogens with one attached hydrogen (secondary N) is 2. The van der Waals surface area contributed by atoms with Crippen molar-refractivity contribution in [3.8, 4) is 5.75 Å². The molecule has 3 aromatic rings. The number of carbonyl (C=O) groups excluding carboxylic acids is 1. The van der Waals surface area contributed by atoms with Crippen LogP contribution in [0.2, 0.25) is 0 Å². The van der Waals surface area contributed by atoms with E-state index in [1.807, 2.05) is 6.92 Å². The summed E-state index contributed by atoms with van der Waals surface area (Å²) in [5.41, 5.74) is 1.14. The molecule has 31 heavy (non-hydrogen) atoms. The molecule has 2 N–H and O–H groups in total. The fourth-order valence-corrected chi connectivity index (χ4v) is 4.23. The molecule has 1 atom stereocenters. The van der Waals surface area contributed by atoms with Crippen LogP contribution in [-0.2, 0) is 14.8 Å². The van der Waals surface area contributed by atoms with E-state index in [2.05, 4.69) is 10.0 Å². The van der Waals surface area contributed by atoms with E-state index in [1.54, 1.807) is 39.0 Å². The molecule has 1 heterocycles. The van der Waals surface area contributed by atoms with Crippen molar-refractivity contribution in [3.05, 3.63) is 64.5 Å². The van der Waals surface area contributed by atoms with Crippen molar-refractivity contribution in [2.45, 2.75) is 44.7 Å². The Bertz CT molecular complexity index is 1260. The minimum absolute atomic E-state index is 0.108. The molecule has 8 nitrogen and oxygen atoms in total. The van der Waals surface area contributed by atoms with Gasteiger partial charge in [0.2, 0.25) is 10.0 Å². The van der Waals surface area contributed by atoms with Crippen LogP contribution < -0.4 is 20.4 Å². The molecule has 0 bridgehead atoms. The molecule has 2 aromatic carbocycles. The highest BCUT2D eigenvalue weighted by Crippen LogP contribution is 2.23. The number of carbonyl (C=O) groups is 1. The van der Waals surface area contributed by atoms with Crippen LogP contribution in [0.15, 0.2) is 62.6 Å². The zero-order valence-corrected chi connectivity index (χ0v) is 18.4. The lowest BCUT2D eigenvalue weighted by Crippen LogP contribution is -2.31. The molecule has 0 saturated heterocycles. The first kappa shape index (κ1) is 22.5. The molecule has 0 saturated carbocycles. The number of rotatable bonds is 7. The van der Waals surface area contributed by atoms with E-state index in [0.29, 0.717) is 17.0 Å². The maximum atomic E-state index is 12.5. The van der Waals surface area contributed by atoms with Gasteiger partial charge in [0.25, 0.3) is 5.91 Å². The molecular weight excluding hydrogens is 420 g/mol. The minimum atomic E-state index is -3.60. The lowest BCUT2D eigenvalue weighted by Gasteiger charge is -2.15. The van der Waals surface area contributed by atoms with Crippen molar-refractivity contribution in [1.29, 1.82) is 0 Å². The topological polar surface area (TPSA) is 115 Å². The van der Waals surface area contributed by atoms with E-state index in [-0.39, 0.29) is 10.9 Å². The predicted octanol–water partition coefficient (Wildman–Crippen LogP) is 3.19.